The minimum atomic E-state index is -0.311. The highest BCUT2D eigenvalue weighted by atomic mass is 35.5. The van der Waals surface area contributed by atoms with Gasteiger partial charge in [-0.3, -0.25) is 0 Å². The maximum absolute atomic E-state index is 13.2. The fraction of sp³-hybridized carbons (Fsp3) is 0. The third-order valence-corrected chi connectivity index (χ3v) is 1.95. The average Bonchev–Trinajstić information content (AvgIpc) is 2.61. The van der Waals surface area contributed by atoms with Crippen molar-refractivity contribution in [1.82, 2.24) is 9.97 Å². The molecule has 0 aliphatic carbocycles. The summed E-state index contributed by atoms with van der Waals surface area (Å²) >= 11 is 5.73. The molecular formula is C9H6ClFN2. The van der Waals surface area contributed by atoms with Crippen LogP contribution in [0.25, 0.3) is 11.3 Å². The molecule has 0 aliphatic rings. The Labute approximate surface area is 79.4 Å². The lowest BCUT2D eigenvalue weighted by Gasteiger charge is -1.99. The van der Waals surface area contributed by atoms with E-state index in [1.165, 1.54) is 18.5 Å². The van der Waals surface area contributed by atoms with E-state index in [0.717, 1.165) is 0 Å². The summed E-state index contributed by atoms with van der Waals surface area (Å²) in [6.45, 7) is 0. The molecule has 0 spiro atoms. The zero-order chi connectivity index (χ0) is 9.26. The molecule has 0 radical (unpaired) electrons. The molecule has 0 amide bonds. The highest BCUT2D eigenvalue weighted by Gasteiger charge is 2.05. The zero-order valence-corrected chi connectivity index (χ0v) is 7.35. The van der Waals surface area contributed by atoms with Gasteiger partial charge in [0.05, 0.1) is 18.2 Å². The molecule has 1 N–H and O–H groups in total. The first-order valence-corrected chi connectivity index (χ1v) is 4.09. The number of nitrogens with zero attached hydrogens (tertiary/aromatic N) is 1. The molecule has 1 heterocycles. The third kappa shape index (κ3) is 1.55. The Kier molecular flexibility index (Phi) is 2.02. The van der Waals surface area contributed by atoms with Gasteiger partial charge in [-0.05, 0) is 18.2 Å². The third-order valence-electron chi connectivity index (χ3n) is 1.72. The van der Waals surface area contributed by atoms with Gasteiger partial charge in [-0.2, -0.15) is 0 Å². The van der Waals surface area contributed by atoms with E-state index in [4.69, 9.17) is 11.6 Å². The molecule has 0 saturated heterocycles. The van der Waals surface area contributed by atoms with E-state index in [0.29, 0.717) is 16.3 Å². The summed E-state index contributed by atoms with van der Waals surface area (Å²) in [5, 5.41) is 0.506. The molecule has 0 aliphatic heterocycles. The molecule has 0 saturated carbocycles. The summed E-state index contributed by atoms with van der Waals surface area (Å²) in [7, 11) is 0. The van der Waals surface area contributed by atoms with Gasteiger partial charge in [-0.15, -0.1) is 0 Å². The number of benzene rings is 1. The fourth-order valence-corrected chi connectivity index (χ4v) is 1.28. The van der Waals surface area contributed by atoms with Crippen LogP contribution in [0.15, 0.2) is 30.7 Å². The summed E-state index contributed by atoms with van der Waals surface area (Å²) in [5.74, 6) is -0.311. The highest BCUT2D eigenvalue weighted by Crippen LogP contribution is 2.23. The van der Waals surface area contributed by atoms with Gasteiger partial charge >= 0.3 is 0 Å². The first-order valence-electron chi connectivity index (χ1n) is 3.71. The molecule has 2 aromatic rings. The van der Waals surface area contributed by atoms with E-state index in [9.17, 15) is 4.39 Å². The van der Waals surface area contributed by atoms with Gasteiger partial charge in [0.15, 0.2) is 0 Å². The van der Waals surface area contributed by atoms with Gasteiger partial charge < -0.3 is 4.98 Å². The SMILES string of the molecule is Fc1ccc(Cl)cc1-c1cnc[nH]1. The maximum Gasteiger partial charge on any atom is 0.132 e. The molecule has 0 fully saturated rings. The first-order chi connectivity index (χ1) is 6.27. The number of H-pyrrole nitrogens is 1. The topological polar surface area (TPSA) is 28.7 Å². The standard InChI is InChI=1S/C9H6ClFN2/c10-6-1-2-8(11)7(3-6)9-4-12-5-13-9/h1-5H,(H,12,13). The fourth-order valence-electron chi connectivity index (χ4n) is 1.11. The van der Waals surface area contributed by atoms with Crippen LogP contribution < -0.4 is 0 Å². The Bertz CT molecular complexity index is 412. The smallest absolute Gasteiger partial charge is 0.132 e. The van der Waals surface area contributed by atoms with Crippen molar-refractivity contribution in [2.24, 2.45) is 0 Å². The van der Waals surface area contributed by atoms with Crippen LogP contribution in [0.4, 0.5) is 4.39 Å². The summed E-state index contributed by atoms with van der Waals surface area (Å²) in [4.78, 5) is 6.62. The van der Waals surface area contributed by atoms with Gasteiger partial charge in [0.1, 0.15) is 5.82 Å². The molecule has 1 aromatic heterocycles. The van der Waals surface area contributed by atoms with Crippen molar-refractivity contribution in [3.63, 3.8) is 0 Å². The number of imidazole rings is 1. The van der Waals surface area contributed by atoms with Crippen LogP contribution in [0.1, 0.15) is 0 Å². The van der Waals surface area contributed by atoms with Gasteiger partial charge in [0.25, 0.3) is 0 Å². The Morgan fingerprint density at radius 2 is 2.23 bits per heavy atom. The van der Waals surface area contributed by atoms with Crippen LogP contribution in [-0.4, -0.2) is 9.97 Å². The van der Waals surface area contributed by atoms with Crippen molar-refractivity contribution < 1.29 is 4.39 Å². The van der Waals surface area contributed by atoms with Gasteiger partial charge in [-0.25, -0.2) is 9.37 Å². The summed E-state index contributed by atoms with van der Waals surface area (Å²) in [6.07, 6.45) is 3.05. The highest BCUT2D eigenvalue weighted by molar-refractivity contribution is 6.30. The summed E-state index contributed by atoms with van der Waals surface area (Å²) < 4.78 is 13.2. The molecule has 66 valence electrons. The second-order valence-electron chi connectivity index (χ2n) is 2.59. The number of rotatable bonds is 1. The van der Waals surface area contributed by atoms with Crippen LogP contribution in [0, 0.1) is 5.82 Å². The minimum Gasteiger partial charge on any atom is -0.345 e. The van der Waals surface area contributed by atoms with E-state index in [2.05, 4.69) is 9.97 Å². The van der Waals surface area contributed by atoms with E-state index in [-0.39, 0.29) is 5.82 Å². The predicted octanol–water partition coefficient (Wildman–Crippen LogP) is 2.87. The lowest BCUT2D eigenvalue weighted by Crippen LogP contribution is -1.83. The summed E-state index contributed by atoms with van der Waals surface area (Å²) in [6, 6.07) is 4.40. The Balaban J connectivity index is 2.57. The van der Waals surface area contributed by atoms with E-state index < -0.39 is 0 Å². The second-order valence-corrected chi connectivity index (χ2v) is 3.03. The largest absolute Gasteiger partial charge is 0.345 e. The van der Waals surface area contributed by atoms with Crippen LogP contribution in [0.3, 0.4) is 0 Å². The Morgan fingerprint density at radius 3 is 2.92 bits per heavy atom. The molecule has 13 heavy (non-hydrogen) atoms. The van der Waals surface area contributed by atoms with Gasteiger partial charge in [-0.1, -0.05) is 11.6 Å². The van der Waals surface area contributed by atoms with Crippen molar-refractivity contribution in [2.75, 3.05) is 0 Å². The molecule has 1 aromatic carbocycles. The van der Waals surface area contributed by atoms with Crippen molar-refractivity contribution >= 4 is 11.6 Å². The van der Waals surface area contributed by atoms with Crippen molar-refractivity contribution in [2.45, 2.75) is 0 Å². The molecule has 4 heteroatoms. The minimum absolute atomic E-state index is 0.311. The van der Waals surface area contributed by atoms with E-state index in [1.54, 1.807) is 12.3 Å². The number of nitrogens with one attached hydrogen (secondary N) is 1. The molecular weight excluding hydrogens is 191 g/mol. The van der Waals surface area contributed by atoms with Gasteiger partial charge in [0.2, 0.25) is 0 Å². The first kappa shape index (κ1) is 8.26. The van der Waals surface area contributed by atoms with E-state index in [1.807, 2.05) is 0 Å². The van der Waals surface area contributed by atoms with Crippen LogP contribution >= 0.6 is 11.6 Å². The van der Waals surface area contributed by atoms with Crippen molar-refractivity contribution in [3.05, 3.63) is 41.6 Å². The van der Waals surface area contributed by atoms with Crippen LogP contribution in [0.2, 0.25) is 5.02 Å². The van der Waals surface area contributed by atoms with E-state index >= 15 is 0 Å². The number of hydrogen-bond acceptors (Lipinski definition) is 1. The Morgan fingerprint density at radius 1 is 1.38 bits per heavy atom. The molecule has 2 rings (SSSR count). The number of aromatic amines is 1. The zero-order valence-electron chi connectivity index (χ0n) is 6.59. The monoisotopic (exact) mass is 196 g/mol. The lowest BCUT2D eigenvalue weighted by molar-refractivity contribution is 0.631. The van der Waals surface area contributed by atoms with Crippen LogP contribution in [0.5, 0.6) is 0 Å². The predicted molar refractivity (Wildman–Crippen MR) is 49.0 cm³/mol. The molecule has 2 nitrogen and oxygen atoms in total. The van der Waals surface area contributed by atoms with Gasteiger partial charge in [0, 0.05) is 10.6 Å². The quantitative estimate of drug-likeness (QED) is 0.747. The second kappa shape index (κ2) is 3.18. The summed E-state index contributed by atoms with van der Waals surface area (Å²) in [5.41, 5.74) is 1.06. The van der Waals surface area contributed by atoms with Crippen molar-refractivity contribution in [3.8, 4) is 11.3 Å². The molecule has 0 atom stereocenters. The van der Waals surface area contributed by atoms with Crippen molar-refractivity contribution in [1.29, 1.82) is 0 Å². The Hall–Kier alpha value is -1.35. The number of halogens is 2. The average molecular weight is 197 g/mol. The molecule has 0 bridgehead atoms. The van der Waals surface area contributed by atoms with Crippen LogP contribution in [-0.2, 0) is 0 Å². The molecule has 0 unspecified atom stereocenters. The normalized spacial score (nSPS) is 10.3. The number of aromatic nitrogens is 2. The number of hydrogen-bond donors (Lipinski definition) is 1. The lowest BCUT2D eigenvalue weighted by atomic mass is 10.1. The maximum atomic E-state index is 13.2.